The van der Waals surface area contributed by atoms with E-state index in [0.717, 1.165) is 11.3 Å². The Bertz CT molecular complexity index is 704. The van der Waals surface area contributed by atoms with Crippen LogP contribution in [-0.4, -0.2) is 66.5 Å². The molecule has 148 valence electrons. The number of rotatable bonds is 6. The lowest BCUT2D eigenvalue weighted by atomic mass is 9.96. The van der Waals surface area contributed by atoms with Crippen molar-refractivity contribution in [3.05, 3.63) is 0 Å². The van der Waals surface area contributed by atoms with Gasteiger partial charge in [0.1, 0.15) is 16.8 Å². The van der Waals surface area contributed by atoms with Crippen LogP contribution in [0.4, 0.5) is 4.79 Å². The summed E-state index contributed by atoms with van der Waals surface area (Å²) in [6.45, 7) is 6.04. The lowest BCUT2D eigenvalue weighted by Crippen LogP contribution is -2.70. The third kappa shape index (κ3) is 3.13. The summed E-state index contributed by atoms with van der Waals surface area (Å²) in [6, 6.07) is -2.56. The van der Waals surface area contributed by atoms with Crippen molar-refractivity contribution < 1.29 is 37.0 Å². The maximum Gasteiger partial charge on any atom is 0.511 e. The van der Waals surface area contributed by atoms with Crippen LogP contribution in [0.1, 0.15) is 40.5 Å². The molecule has 2 heterocycles. The third-order valence-electron chi connectivity index (χ3n) is 4.59. The second-order valence-electron chi connectivity index (χ2n) is 6.79. The van der Waals surface area contributed by atoms with Crippen LogP contribution < -0.4 is 5.73 Å². The molecule has 0 aromatic rings. The van der Waals surface area contributed by atoms with E-state index in [1.54, 1.807) is 0 Å². The van der Waals surface area contributed by atoms with Gasteiger partial charge in [-0.3, -0.25) is 4.79 Å². The highest BCUT2D eigenvalue weighted by atomic mass is 32.2. The molecule has 2 saturated heterocycles. The number of esters is 1. The molecule has 2 aliphatic rings. The number of nitrogens with two attached hydrogens (primary N) is 1. The molecule has 2 rings (SSSR count). The Morgan fingerprint density at radius 1 is 1.31 bits per heavy atom. The molecule has 2 N–H and O–H groups in total. The van der Waals surface area contributed by atoms with Crippen LogP contribution in [0.15, 0.2) is 0 Å². The summed E-state index contributed by atoms with van der Waals surface area (Å²) in [5.74, 6) is -1.63. The van der Waals surface area contributed by atoms with Crippen LogP contribution in [0.2, 0.25) is 0 Å². The van der Waals surface area contributed by atoms with Gasteiger partial charge in [0.15, 0.2) is 15.2 Å². The lowest BCUT2D eigenvalue weighted by molar-refractivity contribution is -0.180. The molecule has 0 aliphatic carbocycles. The molecule has 0 radical (unpaired) electrons. The van der Waals surface area contributed by atoms with E-state index in [4.69, 9.17) is 19.9 Å². The van der Waals surface area contributed by atoms with E-state index in [1.165, 1.54) is 20.8 Å². The van der Waals surface area contributed by atoms with Crippen molar-refractivity contribution in [1.29, 1.82) is 0 Å². The van der Waals surface area contributed by atoms with Crippen molar-refractivity contribution in [3.63, 3.8) is 0 Å². The van der Waals surface area contributed by atoms with E-state index in [1.807, 2.05) is 6.92 Å². The van der Waals surface area contributed by atoms with Gasteiger partial charge >= 0.3 is 12.1 Å². The molecule has 10 nitrogen and oxygen atoms in total. The van der Waals surface area contributed by atoms with Crippen molar-refractivity contribution in [2.45, 2.75) is 69.0 Å². The second-order valence-corrected chi connectivity index (χ2v) is 9.41. The Kier molecular flexibility index (Phi) is 5.52. The third-order valence-corrected chi connectivity index (χ3v) is 7.44. The summed E-state index contributed by atoms with van der Waals surface area (Å²) in [5, 5.41) is -1.25. The van der Waals surface area contributed by atoms with Crippen molar-refractivity contribution >= 4 is 27.9 Å². The zero-order valence-electron chi connectivity index (χ0n) is 15.1. The van der Waals surface area contributed by atoms with E-state index in [9.17, 15) is 22.8 Å². The lowest BCUT2D eigenvalue weighted by Gasteiger charge is -2.41. The van der Waals surface area contributed by atoms with Crippen molar-refractivity contribution in [1.82, 2.24) is 4.90 Å². The number of nitrogens with zero attached hydrogens (tertiary/aromatic N) is 1. The fourth-order valence-corrected chi connectivity index (χ4v) is 5.22. The second kappa shape index (κ2) is 7.03. The van der Waals surface area contributed by atoms with Gasteiger partial charge in [0, 0.05) is 6.92 Å². The van der Waals surface area contributed by atoms with Crippen LogP contribution in [0.3, 0.4) is 0 Å². The number of β-lactam (4-membered cyclic amide) rings is 1. The first-order valence-electron chi connectivity index (χ1n) is 8.32. The van der Waals surface area contributed by atoms with Crippen LogP contribution in [0.5, 0.6) is 0 Å². The summed E-state index contributed by atoms with van der Waals surface area (Å²) in [5.41, 5.74) is 5.58. The van der Waals surface area contributed by atoms with Gasteiger partial charge in [0.2, 0.25) is 12.2 Å². The summed E-state index contributed by atoms with van der Waals surface area (Å²) in [4.78, 5) is 36.9. The van der Waals surface area contributed by atoms with Gasteiger partial charge in [0.25, 0.3) is 0 Å². The monoisotopic (exact) mass is 392 g/mol. The number of ether oxygens (including phenoxy) is 3. The zero-order valence-corrected chi connectivity index (χ0v) is 15.9. The van der Waals surface area contributed by atoms with E-state index >= 15 is 0 Å². The molecular weight excluding hydrogens is 368 g/mol. The fourth-order valence-electron chi connectivity index (χ4n) is 3.05. The average molecular weight is 392 g/mol. The van der Waals surface area contributed by atoms with Gasteiger partial charge in [0.05, 0.1) is 6.61 Å². The molecule has 0 saturated carbocycles. The molecule has 2 fully saturated rings. The van der Waals surface area contributed by atoms with Crippen LogP contribution in [-0.2, 0) is 33.6 Å². The number of carbonyl (C=O) groups is 3. The highest BCUT2D eigenvalue weighted by Crippen LogP contribution is 2.45. The zero-order chi connectivity index (χ0) is 19.9. The smallest absolute Gasteiger partial charge is 0.434 e. The van der Waals surface area contributed by atoms with Gasteiger partial charge in [-0.1, -0.05) is 13.3 Å². The van der Waals surface area contributed by atoms with E-state index in [2.05, 4.69) is 0 Å². The molecule has 1 unspecified atom stereocenters. The molecule has 1 amide bonds. The molecule has 0 spiro atoms. The molecule has 2 aliphatic heterocycles. The minimum absolute atomic E-state index is 0.172. The van der Waals surface area contributed by atoms with Crippen LogP contribution in [0.25, 0.3) is 0 Å². The van der Waals surface area contributed by atoms with Crippen LogP contribution in [0, 0.1) is 0 Å². The minimum Gasteiger partial charge on any atom is -0.434 e. The molecular formula is C15H24N2O8S. The Morgan fingerprint density at radius 3 is 2.50 bits per heavy atom. The predicted octanol–water partition coefficient (Wildman–Crippen LogP) is -0.0999. The topological polar surface area (TPSA) is 142 Å². The number of unbranched alkanes of at least 4 members (excludes halogenated alkanes) is 1. The van der Waals surface area contributed by atoms with Gasteiger partial charge in [-0.15, -0.1) is 0 Å². The highest BCUT2D eigenvalue weighted by Gasteiger charge is 2.71. The Labute approximate surface area is 151 Å². The number of carbonyl (C=O) groups excluding carboxylic acids is 3. The normalized spacial score (nSPS) is 29.3. The summed E-state index contributed by atoms with van der Waals surface area (Å²) in [7, 11) is -3.87. The van der Waals surface area contributed by atoms with Gasteiger partial charge in [-0.05, 0) is 20.3 Å². The van der Waals surface area contributed by atoms with E-state index in [0.29, 0.717) is 6.42 Å². The van der Waals surface area contributed by atoms with Gasteiger partial charge < -0.3 is 24.8 Å². The quantitative estimate of drug-likeness (QED) is 0.284. The number of hydrogen-bond acceptors (Lipinski definition) is 9. The van der Waals surface area contributed by atoms with E-state index < -0.39 is 56.4 Å². The molecule has 0 aromatic carbocycles. The number of sulfone groups is 1. The van der Waals surface area contributed by atoms with Gasteiger partial charge in [-0.25, -0.2) is 18.0 Å². The largest absolute Gasteiger partial charge is 0.511 e. The van der Waals surface area contributed by atoms with Crippen molar-refractivity contribution in [3.8, 4) is 0 Å². The minimum atomic E-state index is -3.87. The molecule has 0 aromatic heterocycles. The summed E-state index contributed by atoms with van der Waals surface area (Å²) >= 11 is 0. The highest BCUT2D eigenvalue weighted by molar-refractivity contribution is 7.94. The predicted molar refractivity (Wildman–Crippen MR) is 88.3 cm³/mol. The molecule has 26 heavy (non-hydrogen) atoms. The first-order chi connectivity index (χ1) is 12.0. The van der Waals surface area contributed by atoms with Crippen LogP contribution >= 0.6 is 0 Å². The number of fused-ring (bicyclic) bond motifs is 1. The first kappa shape index (κ1) is 20.4. The fraction of sp³-hybridized carbons (Fsp3) is 0.800. The SMILES string of the molecule is CCCCOC(=O)OC(C)OC(=O)[C@@H]1N2C(=O)[C@@H](N)[C@H]2S(=O)(=O)C1(C)C. The first-order valence-corrected chi connectivity index (χ1v) is 9.86. The summed E-state index contributed by atoms with van der Waals surface area (Å²) in [6.07, 6.45) is -0.817. The van der Waals surface area contributed by atoms with Crippen molar-refractivity contribution in [2.75, 3.05) is 6.61 Å². The molecule has 4 atom stereocenters. The maximum atomic E-state index is 12.6. The van der Waals surface area contributed by atoms with Gasteiger partial charge in [-0.2, -0.15) is 0 Å². The maximum absolute atomic E-state index is 12.6. The molecule has 0 bridgehead atoms. The summed E-state index contributed by atoms with van der Waals surface area (Å²) < 4.78 is 38.2. The Balaban J connectivity index is 2.05. The Morgan fingerprint density at radius 2 is 1.92 bits per heavy atom. The van der Waals surface area contributed by atoms with E-state index in [-0.39, 0.29) is 6.61 Å². The number of hydrogen-bond donors (Lipinski definition) is 1. The number of amides is 1. The Hall–Kier alpha value is -1.88. The molecule has 11 heteroatoms. The van der Waals surface area contributed by atoms with Crippen molar-refractivity contribution in [2.24, 2.45) is 5.73 Å². The average Bonchev–Trinajstić information content (AvgIpc) is 2.67. The standard InChI is InChI=1S/C15H24N2O8S/c1-5-6-7-23-14(20)25-8(2)24-13(19)10-15(3,4)26(21,22)12-9(16)11(18)17(10)12/h8-10,12H,5-7,16H2,1-4H3/t8?,9-,10+,12-/m1/s1.